The highest BCUT2D eigenvalue weighted by Gasteiger charge is 2.41. The summed E-state index contributed by atoms with van der Waals surface area (Å²) in [7, 11) is 0. The largest absolute Gasteiger partial charge is 0.464 e. The molecular weight excluding hydrogens is 344 g/mol. The van der Waals surface area contributed by atoms with Crippen LogP contribution in [0.2, 0.25) is 0 Å². The van der Waals surface area contributed by atoms with E-state index >= 15 is 0 Å². The summed E-state index contributed by atoms with van der Waals surface area (Å²) >= 11 is 0. The fourth-order valence-electron chi connectivity index (χ4n) is 5.14. The molecule has 3 aromatic rings. The van der Waals surface area contributed by atoms with E-state index in [1.165, 1.54) is 42.6 Å². The first-order valence-corrected chi connectivity index (χ1v) is 10.5. The topological polar surface area (TPSA) is 28.4 Å². The van der Waals surface area contributed by atoms with Crippen LogP contribution < -0.4 is 5.32 Å². The number of nitrogens with zero attached hydrogens (tertiary/aromatic N) is 1. The standard InChI is InChI=1S/C25H28N2O/c1-2-7-19(8-3-1)18-26-25-20-12-14-27(15-13-20)23(25)17-21-9-4-5-10-22(21)24-11-6-16-28-24/h1-11,16,20,23,25-26H,12-15,17-18H2. The van der Waals surface area contributed by atoms with Crippen molar-refractivity contribution in [2.24, 2.45) is 5.92 Å². The lowest BCUT2D eigenvalue weighted by Crippen LogP contribution is -2.63. The lowest BCUT2D eigenvalue weighted by atomic mass is 9.76. The van der Waals surface area contributed by atoms with Gasteiger partial charge in [0, 0.05) is 24.2 Å². The molecule has 144 valence electrons. The normalized spacial score (nSPS) is 26.4. The highest BCUT2D eigenvalue weighted by Crippen LogP contribution is 2.35. The van der Waals surface area contributed by atoms with Crippen molar-refractivity contribution < 1.29 is 4.42 Å². The quantitative estimate of drug-likeness (QED) is 0.677. The van der Waals surface area contributed by atoms with Gasteiger partial charge in [-0.3, -0.25) is 4.90 Å². The Hall–Kier alpha value is -2.36. The molecule has 28 heavy (non-hydrogen) atoms. The van der Waals surface area contributed by atoms with Gasteiger partial charge >= 0.3 is 0 Å². The summed E-state index contributed by atoms with van der Waals surface area (Å²) in [5.74, 6) is 1.76. The van der Waals surface area contributed by atoms with Crippen molar-refractivity contribution in [1.82, 2.24) is 10.2 Å². The zero-order chi connectivity index (χ0) is 18.8. The Kier molecular flexibility index (Phi) is 5.03. The van der Waals surface area contributed by atoms with E-state index in [1.807, 2.05) is 6.07 Å². The van der Waals surface area contributed by atoms with Gasteiger partial charge in [0.15, 0.2) is 0 Å². The molecule has 0 saturated carbocycles. The van der Waals surface area contributed by atoms with Crippen molar-refractivity contribution in [3.05, 3.63) is 84.1 Å². The molecule has 6 rings (SSSR count). The van der Waals surface area contributed by atoms with E-state index in [2.05, 4.69) is 70.9 Å². The predicted octanol–water partition coefficient (Wildman–Crippen LogP) is 4.74. The second-order valence-corrected chi connectivity index (χ2v) is 8.17. The van der Waals surface area contributed by atoms with Crippen molar-refractivity contribution in [2.45, 2.75) is 37.9 Å². The molecule has 3 aliphatic rings. The molecule has 0 aliphatic carbocycles. The van der Waals surface area contributed by atoms with Gasteiger partial charge in [-0.2, -0.15) is 0 Å². The summed E-state index contributed by atoms with van der Waals surface area (Å²) < 4.78 is 5.71. The minimum absolute atomic E-state index is 0.548. The summed E-state index contributed by atoms with van der Waals surface area (Å²) in [6.45, 7) is 3.43. The SMILES string of the molecule is c1ccc(CNC2C3CCN(CC3)C2Cc2ccccc2-c2ccco2)cc1. The molecule has 2 aromatic carbocycles. The van der Waals surface area contributed by atoms with Crippen LogP contribution in [0.3, 0.4) is 0 Å². The first kappa shape index (κ1) is 17.7. The number of furan rings is 1. The van der Waals surface area contributed by atoms with Crippen molar-refractivity contribution in [3.63, 3.8) is 0 Å². The highest BCUT2D eigenvalue weighted by molar-refractivity contribution is 5.62. The van der Waals surface area contributed by atoms with Gasteiger partial charge in [-0.15, -0.1) is 0 Å². The zero-order valence-corrected chi connectivity index (χ0v) is 16.3. The van der Waals surface area contributed by atoms with E-state index in [0.717, 1.165) is 24.6 Å². The van der Waals surface area contributed by atoms with E-state index in [-0.39, 0.29) is 0 Å². The maximum Gasteiger partial charge on any atom is 0.134 e. The Labute approximate surface area is 167 Å². The van der Waals surface area contributed by atoms with Crippen molar-refractivity contribution in [1.29, 1.82) is 0 Å². The van der Waals surface area contributed by atoms with Crippen molar-refractivity contribution in [2.75, 3.05) is 13.1 Å². The Balaban J connectivity index is 1.38. The van der Waals surface area contributed by atoms with Crippen LogP contribution in [-0.2, 0) is 13.0 Å². The average molecular weight is 373 g/mol. The summed E-state index contributed by atoms with van der Waals surface area (Å²) in [6, 6.07) is 24.7. The Bertz CT molecular complexity index is 882. The van der Waals surface area contributed by atoms with Crippen LogP contribution in [0.25, 0.3) is 11.3 Å². The van der Waals surface area contributed by atoms with Gasteiger partial charge < -0.3 is 9.73 Å². The molecule has 3 saturated heterocycles. The smallest absolute Gasteiger partial charge is 0.134 e. The molecule has 1 N–H and O–H groups in total. The molecular formula is C25H28N2O. The second kappa shape index (κ2) is 7.94. The van der Waals surface area contributed by atoms with Crippen LogP contribution in [0.1, 0.15) is 24.0 Å². The lowest BCUT2D eigenvalue weighted by Gasteiger charge is -2.51. The fraction of sp³-hybridized carbons (Fsp3) is 0.360. The number of benzene rings is 2. The van der Waals surface area contributed by atoms with Gasteiger partial charge in [0.2, 0.25) is 0 Å². The Morgan fingerprint density at radius 3 is 2.46 bits per heavy atom. The average Bonchev–Trinajstić information content (AvgIpc) is 3.30. The van der Waals surface area contributed by atoms with Gasteiger partial charge in [-0.25, -0.2) is 0 Å². The fourth-order valence-corrected chi connectivity index (χ4v) is 5.14. The Morgan fingerprint density at radius 1 is 0.893 bits per heavy atom. The minimum Gasteiger partial charge on any atom is -0.464 e. The number of nitrogens with one attached hydrogen (secondary N) is 1. The van der Waals surface area contributed by atoms with Gasteiger partial charge in [0.05, 0.1) is 6.26 Å². The molecule has 0 spiro atoms. The molecule has 1 aromatic heterocycles. The lowest BCUT2D eigenvalue weighted by molar-refractivity contribution is 0.0127. The van der Waals surface area contributed by atoms with Gasteiger partial charge in [-0.1, -0.05) is 54.6 Å². The third kappa shape index (κ3) is 3.52. The molecule has 3 aliphatic heterocycles. The molecule has 3 fully saturated rings. The number of hydrogen-bond acceptors (Lipinski definition) is 3. The molecule has 0 radical (unpaired) electrons. The first-order valence-electron chi connectivity index (χ1n) is 10.5. The summed E-state index contributed by atoms with van der Waals surface area (Å²) in [5, 5.41) is 3.93. The third-order valence-electron chi connectivity index (χ3n) is 6.58. The van der Waals surface area contributed by atoms with Gasteiger partial charge in [0.25, 0.3) is 0 Å². The molecule has 2 bridgehead atoms. The Morgan fingerprint density at radius 2 is 1.68 bits per heavy atom. The monoisotopic (exact) mass is 372 g/mol. The van der Waals surface area contributed by atoms with Gasteiger partial charge in [-0.05, 0) is 61.5 Å². The van der Waals surface area contributed by atoms with Crippen molar-refractivity contribution in [3.8, 4) is 11.3 Å². The second-order valence-electron chi connectivity index (χ2n) is 8.17. The summed E-state index contributed by atoms with van der Waals surface area (Å²) in [6.07, 6.45) is 5.48. The number of rotatable bonds is 6. The molecule has 2 atom stereocenters. The summed E-state index contributed by atoms with van der Waals surface area (Å²) in [4.78, 5) is 2.71. The van der Waals surface area contributed by atoms with Crippen molar-refractivity contribution >= 4 is 0 Å². The molecule has 0 amide bonds. The van der Waals surface area contributed by atoms with E-state index in [0.29, 0.717) is 12.1 Å². The van der Waals surface area contributed by atoms with Crippen LogP contribution in [0.4, 0.5) is 0 Å². The van der Waals surface area contributed by atoms with E-state index in [1.54, 1.807) is 6.26 Å². The van der Waals surface area contributed by atoms with Crippen LogP contribution in [0.5, 0.6) is 0 Å². The summed E-state index contributed by atoms with van der Waals surface area (Å²) in [5.41, 5.74) is 3.99. The van der Waals surface area contributed by atoms with E-state index in [9.17, 15) is 0 Å². The van der Waals surface area contributed by atoms with Crippen LogP contribution >= 0.6 is 0 Å². The molecule has 4 heterocycles. The minimum atomic E-state index is 0.548. The zero-order valence-electron chi connectivity index (χ0n) is 16.3. The number of fused-ring (bicyclic) bond motifs is 3. The number of piperidine rings is 3. The van der Waals surface area contributed by atoms with Gasteiger partial charge in [0.1, 0.15) is 5.76 Å². The molecule has 3 nitrogen and oxygen atoms in total. The maximum atomic E-state index is 5.71. The first-order chi connectivity index (χ1) is 13.9. The highest BCUT2D eigenvalue weighted by atomic mass is 16.3. The number of hydrogen-bond donors (Lipinski definition) is 1. The van der Waals surface area contributed by atoms with Crippen LogP contribution in [0, 0.1) is 5.92 Å². The van der Waals surface area contributed by atoms with E-state index < -0.39 is 0 Å². The molecule has 2 unspecified atom stereocenters. The molecule has 3 heteroatoms. The van der Waals surface area contributed by atoms with Crippen LogP contribution in [0.15, 0.2) is 77.4 Å². The van der Waals surface area contributed by atoms with Crippen LogP contribution in [-0.4, -0.2) is 30.1 Å². The third-order valence-corrected chi connectivity index (χ3v) is 6.58. The maximum absolute atomic E-state index is 5.71. The predicted molar refractivity (Wildman–Crippen MR) is 113 cm³/mol. The van der Waals surface area contributed by atoms with E-state index in [4.69, 9.17) is 4.42 Å².